The zero-order valence-electron chi connectivity index (χ0n) is 9.45. The number of nitrogens with one attached hydrogen (secondary N) is 1. The van der Waals surface area contributed by atoms with Gasteiger partial charge in [-0.2, -0.15) is 5.26 Å². The first-order valence-electron chi connectivity index (χ1n) is 6.10. The van der Waals surface area contributed by atoms with Crippen LogP contribution < -0.4 is 5.32 Å². The fourth-order valence-electron chi connectivity index (χ4n) is 2.09. The van der Waals surface area contributed by atoms with Crippen LogP contribution in [0.25, 0.3) is 0 Å². The zero-order chi connectivity index (χ0) is 11.4. The maximum absolute atomic E-state index is 11.7. The lowest BCUT2D eigenvalue weighted by Gasteiger charge is -2.22. The van der Waals surface area contributed by atoms with Crippen LogP contribution in [0.5, 0.6) is 0 Å². The Morgan fingerprint density at radius 1 is 1.44 bits per heavy atom. The van der Waals surface area contributed by atoms with Crippen molar-refractivity contribution in [3.8, 4) is 6.07 Å². The van der Waals surface area contributed by atoms with Gasteiger partial charge in [0.1, 0.15) is 6.04 Å². The van der Waals surface area contributed by atoms with Gasteiger partial charge in [-0.15, -0.1) is 0 Å². The predicted octanol–water partition coefficient (Wildman–Crippen LogP) is 1.36. The van der Waals surface area contributed by atoms with Gasteiger partial charge in [0.2, 0.25) is 5.91 Å². The van der Waals surface area contributed by atoms with Crippen molar-refractivity contribution in [2.75, 3.05) is 6.61 Å². The van der Waals surface area contributed by atoms with Crippen molar-refractivity contribution < 1.29 is 9.53 Å². The third-order valence-corrected chi connectivity index (χ3v) is 3.24. The molecule has 0 radical (unpaired) electrons. The van der Waals surface area contributed by atoms with Crippen LogP contribution in [-0.2, 0) is 9.53 Å². The summed E-state index contributed by atoms with van der Waals surface area (Å²) in [6.45, 7) is 0.766. The monoisotopic (exact) mass is 222 g/mol. The summed E-state index contributed by atoms with van der Waals surface area (Å²) in [5.74, 6) is 0.353. The number of hydrogen-bond acceptors (Lipinski definition) is 3. The number of amides is 1. The van der Waals surface area contributed by atoms with Crippen LogP contribution in [0.15, 0.2) is 0 Å². The van der Waals surface area contributed by atoms with E-state index in [0.29, 0.717) is 12.3 Å². The average Bonchev–Trinajstić information content (AvgIpc) is 3.11. The molecule has 1 heterocycles. The topological polar surface area (TPSA) is 62.1 Å². The third kappa shape index (κ3) is 3.21. The Morgan fingerprint density at radius 3 is 2.81 bits per heavy atom. The highest BCUT2D eigenvalue weighted by atomic mass is 16.5. The van der Waals surface area contributed by atoms with Crippen LogP contribution in [0.2, 0.25) is 0 Å². The molecule has 0 aromatic carbocycles. The quantitative estimate of drug-likeness (QED) is 0.781. The number of nitriles is 1. The van der Waals surface area contributed by atoms with Gasteiger partial charge in [-0.1, -0.05) is 0 Å². The highest BCUT2D eigenvalue weighted by molar-refractivity contribution is 5.77. The number of ether oxygens (including phenoxy) is 1. The van der Waals surface area contributed by atoms with Gasteiger partial charge in [0.05, 0.1) is 18.6 Å². The van der Waals surface area contributed by atoms with Gasteiger partial charge in [0, 0.05) is 6.61 Å². The number of carbonyl (C=O) groups excluding carboxylic acids is 1. The third-order valence-electron chi connectivity index (χ3n) is 3.24. The molecule has 1 amide bonds. The Kier molecular flexibility index (Phi) is 3.79. The van der Waals surface area contributed by atoms with Gasteiger partial charge in [-0.05, 0) is 38.0 Å². The summed E-state index contributed by atoms with van der Waals surface area (Å²) in [4.78, 5) is 11.7. The first-order chi connectivity index (χ1) is 7.79. The summed E-state index contributed by atoms with van der Waals surface area (Å²) in [6.07, 6.45) is 5.81. The molecule has 1 aliphatic carbocycles. The van der Waals surface area contributed by atoms with E-state index in [2.05, 4.69) is 11.4 Å². The van der Waals surface area contributed by atoms with Crippen molar-refractivity contribution in [2.24, 2.45) is 5.92 Å². The van der Waals surface area contributed by atoms with E-state index in [-0.39, 0.29) is 18.1 Å². The molecule has 0 bridgehead atoms. The highest BCUT2D eigenvalue weighted by Gasteiger charge is 2.32. The SMILES string of the molecule is N#CC(NC(=O)CC1CCCCO1)C1CC1. The first kappa shape index (κ1) is 11.4. The molecule has 1 N–H and O–H groups in total. The van der Waals surface area contributed by atoms with Crippen molar-refractivity contribution in [1.82, 2.24) is 5.32 Å². The fourth-order valence-corrected chi connectivity index (χ4v) is 2.09. The fraction of sp³-hybridized carbons (Fsp3) is 0.833. The largest absolute Gasteiger partial charge is 0.378 e. The van der Waals surface area contributed by atoms with E-state index in [1.54, 1.807) is 0 Å². The van der Waals surface area contributed by atoms with Crippen LogP contribution >= 0.6 is 0 Å². The number of carbonyl (C=O) groups is 1. The normalized spacial score (nSPS) is 26.8. The van der Waals surface area contributed by atoms with Crippen LogP contribution in [0.4, 0.5) is 0 Å². The van der Waals surface area contributed by atoms with Gasteiger partial charge in [-0.3, -0.25) is 4.79 Å². The zero-order valence-corrected chi connectivity index (χ0v) is 9.45. The molecule has 2 unspecified atom stereocenters. The smallest absolute Gasteiger partial charge is 0.223 e. The Bertz CT molecular complexity index is 288. The molecule has 0 aromatic heterocycles. The molecule has 2 rings (SSSR count). The van der Waals surface area contributed by atoms with E-state index >= 15 is 0 Å². The van der Waals surface area contributed by atoms with Crippen LogP contribution in [0.1, 0.15) is 38.5 Å². The Morgan fingerprint density at radius 2 is 2.25 bits per heavy atom. The Hall–Kier alpha value is -1.08. The Balaban J connectivity index is 1.72. The molecule has 2 atom stereocenters. The maximum Gasteiger partial charge on any atom is 0.223 e. The van der Waals surface area contributed by atoms with E-state index in [0.717, 1.165) is 38.7 Å². The molecule has 1 saturated carbocycles. The minimum Gasteiger partial charge on any atom is -0.378 e. The van der Waals surface area contributed by atoms with Crippen molar-refractivity contribution in [3.05, 3.63) is 0 Å². The molecule has 1 aliphatic heterocycles. The molecular weight excluding hydrogens is 204 g/mol. The highest BCUT2D eigenvalue weighted by Crippen LogP contribution is 2.32. The second-order valence-electron chi connectivity index (χ2n) is 4.70. The predicted molar refractivity (Wildman–Crippen MR) is 58.5 cm³/mol. The molecule has 4 heteroatoms. The summed E-state index contributed by atoms with van der Waals surface area (Å²) in [5.41, 5.74) is 0. The standard InChI is InChI=1S/C12H18N2O2/c13-8-11(9-4-5-9)14-12(15)7-10-3-1-2-6-16-10/h9-11H,1-7H2,(H,14,15). The summed E-state index contributed by atoms with van der Waals surface area (Å²) in [6, 6.07) is 1.88. The molecule has 2 fully saturated rings. The lowest BCUT2D eigenvalue weighted by molar-refractivity contribution is -0.125. The molecule has 16 heavy (non-hydrogen) atoms. The van der Waals surface area contributed by atoms with Gasteiger partial charge in [0.15, 0.2) is 0 Å². The number of hydrogen-bond donors (Lipinski definition) is 1. The second-order valence-corrected chi connectivity index (χ2v) is 4.70. The molecule has 0 spiro atoms. The van der Waals surface area contributed by atoms with Crippen LogP contribution in [-0.4, -0.2) is 24.7 Å². The minimum atomic E-state index is -0.281. The number of nitrogens with zero attached hydrogens (tertiary/aromatic N) is 1. The minimum absolute atomic E-state index is 0.0367. The van der Waals surface area contributed by atoms with Crippen molar-refractivity contribution in [2.45, 2.75) is 50.7 Å². The molecule has 0 aromatic rings. The van der Waals surface area contributed by atoms with E-state index < -0.39 is 0 Å². The molecular formula is C12H18N2O2. The molecule has 2 aliphatic rings. The lowest BCUT2D eigenvalue weighted by Crippen LogP contribution is -2.38. The van der Waals surface area contributed by atoms with Crippen molar-refractivity contribution in [3.63, 3.8) is 0 Å². The summed E-state index contributed by atoms with van der Waals surface area (Å²) in [7, 11) is 0. The van der Waals surface area contributed by atoms with Crippen LogP contribution in [0.3, 0.4) is 0 Å². The van der Waals surface area contributed by atoms with E-state index in [1.165, 1.54) is 0 Å². The molecule has 1 saturated heterocycles. The average molecular weight is 222 g/mol. The maximum atomic E-state index is 11.7. The van der Waals surface area contributed by atoms with E-state index in [9.17, 15) is 4.79 Å². The summed E-state index contributed by atoms with van der Waals surface area (Å²) in [5, 5.41) is 11.7. The van der Waals surface area contributed by atoms with Gasteiger partial charge >= 0.3 is 0 Å². The van der Waals surface area contributed by atoms with E-state index in [4.69, 9.17) is 10.00 Å². The Labute approximate surface area is 96.0 Å². The van der Waals surface area contributed by atoms with Crippen LogP contribution in [0, 0.1) is 17.2 Å². The van der Waals surface area contributed by atoms with Gasteiger partial charge in [-0.25, -0.2) is 0 Å². The summed E-state index contributed by atoms with van der Waals surface area (Å²) >= 11 is 0. The first-order valence-corrected chi connectivity index (χ1v) is 6.10. The van der Waals surface area contributed by atoms with Gasteiger partial charge in [0.25, 0.3) is 0 Å². The lowest BCUT2D eigenvalue weighted by atomic mass is 10.1. The van der Waals surface area contributed by atoms with Crippen molar-refractivity contribution in [1.29, 1.82) is 5.26 Å². The van der Waals surface area contributed by atoms with E-state index in [1.807, 2.05) is 0 Å². The van der Waals surface area contributed by atoms with Crippen molar-refractivity contribution >= 4 is 5.91 Å². The molecule has 4 nitrogen and oxygen atoms in total. The second kappa shape index (κ2) is 5.31. The summed E-state index contributed by atoms with van der Waals surface area (Å²) < 4.78 is 5.50. The van der Waals surface area contributed by atoms with Gasteiger partial charge < -0.3 is 10.1 Å². The number of rotatable bonds is 4. The molecule has 88 valence electrons.